The zero-order chi connectivity index (χ0) is 12.3. The summed E-state index contributed by atoms with van der Waals surface area (Å²) in [6.07, 6.45) is 0. The summed E-state index contributed by atoms with van der Waals surface area (Å²) >= 11 is 0. The third-order valence-corrected chi connectivity index (χ3v) is 3.10. The van der Waals surface area contributed by atoms with Crippen LogP contribution in [0.3, 0.4) is 0 Å². The van der Waals surface area contributed by atoms with Crippen molar-refractivity contribution in [2.75, 3.05) is 26.7 Å². The van der Waals surface area contributed by atoms with E-state index in [0.717, 1.165) is 30.9 Å². The smallest absolute Gasteiger partial charge is 0.254 e. The Bertz CT molecular complexity index is 394. The Kier molecular flexibility index (Phi) is 5.44. The molecule has 1 aliphatic heterocycles. The van der Waals surface area contributed by atoms with Crippen LogP contribution < -0.4 is 10.1 Å². The molecule has 0 bridgehead atoms. The summed E-state index contributed by atoms with van der Waals surface area (Å²) in [5, 5.41) is 3.28. The van der Waals surface area contributed by atoms with Gasteiger partial charge in [-0.1, -0.05) is 0 Å². The fraction of sp³-hybridized carbons (Fsp3) is 0.462. The summed E-state index contributed by atoms with van der Waals surface area (Å²) in [5.41, 5.74) is 0.722. The summed E-state index contributed by atoms with van der Waals surface area (Å²) in [6, 6.07) is 7.52. The second-order valence-electron chi connectivity index (χ2n) is 4.28. The van der Waals surface area contributed by atoms with Crippen LogP contribution in [0, 0.1) is 0 Å². The van der Waals surface area contributed by atoms with E-state index in [1.165, 1.54) is 0 Å². The first-order chi connectivity index (χ1) is 8.22. The Labute approximate surface area is 114 Å². The molecule has 1 aromatic rings. The van der Waals surface area contributed by atoms with Gasteiger partial charge in [0.25, 0.3) is 5.91 Å². The Balaban J connectivity index is 0.00000162. The van der Waals surface area contributed by atoms with Crippen LogP contribution in [0.1, 0.15) is 17.3 Å². The minimum atomic E-state index is 0. The average molecular weight is 271 g/mol. The van der Waals surface area contributed by atoms with Gasteiger partial charge in [0.1, 0.15) is 5.75 Å². The third-order valence-electron chi connectivity index (χ3n) is 3.10. The maximum atomic E-state index is 12.3. The van der Waals surface area contributed by atoms with Gasteiger partial charge in [-0.3, -0.25) is 4.79 Å². The van der Waals surface area contributed by atoms with Gasteiger partial charge in [-0.25, -0.2) is 0 Å². The quantitative estimate of drug-likeness (QED) is 0.887. The summed E-state index contributed by atoms with van der Waals surface area (Å²) in [5.74, 6) is 0.872. The Morgan fingerprint density at radius 2 is 2.06 bits per heavy atom. The van der Waals surface area contributed by atoms with E-state index in [-0.39, 0.29) is 24.4 Å². The second kappa shape index (κ2) is 6.61. The van der Waals surface area contributed by atoms with E-state index in [1.807, 2.05) is 29.2 Å². The van der Waals surface area contributed by atoms with Gasteiger partial charge in [-0.05, 0) is 31.2 Å². The van der Waals surface area contributed by atoms with Crippen LogP contribution in [0.5, 0.6) is 5.75 Å². The molecule has 4 nitrogen and oxygen atoms in total. The number of halogens is 1. The number of carbonyl (C=O) groups excluding carboxylic acids is 1. The van der Waals surface area contributed by atoms with Gasteiger partial charge in [0.2, 0.25) is 0 Å². The molecule has 0 saturated carbocycles. The van der Waals surface area contributed by atoms with Gasteiger partial charge in [-0.15, -0.1) is 12.4 Å². The van der Waals surface area contributed by atoms with Crippen LogP contribution in [-0.2, 0) is 0 Å². The molecule has 0 radical (unpaired) electrons. The summed E-state index contributed by atoms with van der Waals surface area (Å²) in [6.45, 7) is 4.56. The highest BCUT2D eigenvalue weighted by atomic mass is 35.5. The molecule has 1 saturated heterocycles. The van der Waals surface area contributed by atoms with E-state index in [0.29, 0.717) is 0 Å². The molecule has 0 aliphatic carbocycles. The molecule has 1 fully saturated rings. The minimum Gasteiger partial charge on any atom is -0.497 e. The Morgan fingerprint density at radius 3 is 2.61 bits per heavy atom. The zero-order valence-electron chi connectivity index (χ0n) is 10.7. The molecule has 100 valence electrons. The predicted molar refractivity (Wildman–Crippen MR) is 73.6 cm³/mol. The number of hydrogen-bond acceptors (Lipinski definition) is 3. The molecule has 18 heavy (non-hydrogen) atoms. The van der Waals surface area contributed by atoms with Crippen LogP contribution in [0.25, 0.3) is 0 Å². The normalized spacial score (nSPS) is 19.0. The molecule has 1 aromatic carbocycles. The van der Waals surface area contributed by atoms with Gasteiger partial charge in [0.15, 0.2) is 0 Å². The molecule has 0 aromatic heterocycles. The lowest BCUT2D eigenvalue weighted by Crippen LogP contribution is -2.52. The number of carbonyl (C=O) groups is 1. The molecule has 1 aliphatic rings. The van der Waals surface area contributed by atoms with E-state index in [9.17, 15) is 4.79 Å². The van der Waals surface area contributed by atoms with Crippen molar-refractivity contribution in [3.63, 3.8) is 0 Å². The first-order valence-electron chi connectivity index (χ1n) is 5.88. The number of nitrogens with one attached hydrogen (secondary N) is 1. The maximum Gasteiger partial charge on any atom is 0.254 e. The minimum absolute atomic E-state index is 0. The van der Waals surface area contributed by atoms with Crippen LogP contribution in [0.2, 0.25) is 0 Å². The lowest BCUT2D eigenvalue weighted by Gasteiger charge is -2.34. The van der Waals surface area contributed by atoms with Crippen molar-refractivity contribution < 1.29 is 9.53 Å². The van der Waals surface area contributed by atoms with Gasteiger partial charge in [-0.2, -0.15) is 0 Å². The molecule has 5 heteroatoms. The largest absolute Gasteiger partial charge is 0.497 e. The first kappa shape index (κ1) is 14.8. The molecular weight excluding hydrogens is 252 g/mol. The van der Waals surface area contributed by atoms with Crippen LogP contribution in [0.4, 0.5) is 0 Å². The molecule has 1 atom stereocenters. The van der Waals surface area contributed by atoms with Gasteiger partial charge in [0.05, 0.1) is 7.11 Å². The van der Waals surface area contributed by atoms with Crippen LogP contribution in [-0.4, -0.2) is 43.6 Å². The van der Waals surface area contributed by atoms with Gasteiger partial charge >= 0.3 is 0 Å². The lowest BCUT2D eigenvalue weighted by molar-refractivity contribution is 0.0656. The van der Waals surface area contributed by atoms with Crippen molar-refractivity contribution in [2.45, 2.75) is 13.0 Å². The fourth-order valence-corrected chi connectivity index (χ4v) is 2.04. The number of rotatable bonds is 2. The zero-order valence-corrected chi connectivity index (χ0v) is 11.5. The van der Waals surface area contributed by atoms with Crippen LogP contribution >= 0.6 is 12.4 Å². The Hall–Kier alpha value is -1.26. The lowest BCUT2D eigenvalue weighted by atomic mass is 10.1. The number of piperazine rings is 1. The number of nitrogens with zero attached hydrogens (tertiary/aromatic N) is 1. The fourth-order valence-electron chi connectivity index (χ4n) is 2.04. The SMILES string of the molecule is COc1ccc(C(=O)N2CCNC[C@H]2C)cc1.Cl. The van der Waals surface area contributed by atoms with Gasteiger partial charge in [0, 0.05) is 31.2 Å². The van der Waals surface area contributed by atoms with Gasteiger partial charge < -0.3 is 15.0 Å². The van der Waals surface area contributed by atoms with E-state index in [2.05, 4.69) is 12.2 Å². The van der Waals surface area contributed by atoms with Crippen molar-refractivity contribution >= 4 is 18.3 Å². The predicted octanol–water partition coefficient (Wildman–Crippen LogP) is 1.55. The van der Waals surface area contributed by atoms with Crippen molar-refractivity contribution in [3.8, 4) is 5.75 Å². The van der Waals surface area contributed by atoms with E-state index >= 15 is 0 Å². The second-order valence-corrected chi connectivity index (χ2v) is 4.28. The maximum absolute atomic E-state index is 12.3. The monoisotopic (exact) mass is 270 g/mol. The van der Waals surface area contributed by atoms with Crippen molar-refractivity contribution in [1.29, 1.82) is 0 Å². The molecule has 2 rings (SSSR count). The van der Waals surface area contributed by atoms with Crippen LogP contribution in [0.15, 0.2) is 24.3 Å². The topological polar surface area (TPSA) is 41.6 Å². The third kappa shape index (κ3) is 3.15. The number of ether oxygens (including phenoxy) is 1. The number of hydrogen-bond donors (Lipinski definition) is 1. The number of methoxy groups -OCH3 is 1. The highest BCUT2D eigenvalue weighted by Crippen LogP contribution is 2.15. The summed E-state index contributed by atoms with van der Waals surface area (Å²) in [4.78, 5) is 14.2. The van der Waals surface area contributed by atoms with Crippen molar-refractivity contribution in [3.05, 3.63) is 29.8 Å². The van der Waals surface area contributed by atoms with E-state index < -0.39 is 0 Å². The molecule has 1 N–H and O–H groups in total. The molecule has 1 heterocycles. The average Bonchev–Trinajstić information content (AvgIpc) is 2.39. The van der Waals surface area contributed by atoms with Crippen molar-refractivity contribution in [2.24, 2.45) is 0 Å². The van der Waals surface area contributed by atoms with E-state index in [1.54, 1.807) is 7.11 Å². The molecule has 1 amide bonds. The van der Waals surface area contributed by atoms with Crippen molar-refractivity contribution in [1.82, 2.24) is 10.2 Å². The highest BCUT2D eigenvalue weighted by molar-refractivity contribution is 5.94. The molecule has 0 spiro atoms. The van der Waals surface area contributed by atoms with E-state index in [4.69, 9.17) is 4.74 Å². The first-order valence-corrected chi connectivity index (χ1v) is 5.88. The number of amides is 1. The highest BCUT2D eigenvalue weighted by Gasteiger charge is 2.23. The molecular formula is C13H19ClN2O2. The summed E-state index contributed by atoms with van der Waals surface area (Å²) < 4.78 is 5.08. The summed E-state index contributed by atoms with van der Waals surface area (Å²) in [7, 11) is 1.62. The standard InChI is InChI=1S/C13H18N2O2.ClH/c1-10-9-14-7-8-15(10)13(16)11-3-5-12(17-2)6-4-11;/h3-6,10,14H,7-9H2,1-2H3;1H/t10-;/m1./s1. The molecule has 0 unspecified atom stereocenters. The number of benzene rings is 1. The Morgan fingerprint density at radius 1 is 1.39 bits per heavy atom.